The summed E-state index contributed by atoms with van der Waals surface area (Å²) in [6.45, 7) is 3.46. The van der Waals surface area contributed by atoms with Crippen molar-refractivity contribution in [3.63, 3.8) is 0 Å². The molecule has 2 N–H and O–H groups in total. The molecule has 0 aromatic rings. The first-order valence-electron chi connectivity index (χ1n) is 2.64. The maximum Gasteiger partial charge on any atom is 0.0720 e. The number of hydrogen-bond donors (Lipinski definition) is 2. The van der Waals surface area contributed by atoms with Crippen molar-refractivity contribution in [3.05, 3.63) is 11.6 Å². The van der Waals surface area contributed by atoms with E-state index in [1.165, 1.54) is 0 Å². The normalized spacial score (nSPS) is 16.2. The van der Waals surface area contributed by atoms with Crippen molar-refractivity contribution in [3.8, 4) is 0 Å². The molecular weight excluding hydrogens is 104 g/mol. The molecule has 8 heavy (non-hydrogen) atoms. The maximum atomic E-state index is 8.77. The van der Waals surface area contributed by atoms with Crippen molar-refractivity contribution in [1.29, 1.82) is 0 Å². The van der Waals surface area contributed by atoms with Crippen LogP contribution in [0.3, 0.4) is 0 Å². The van der Waals surface area contributed by atoms with Crippen molar-refractivity contribution in [2.24, 2.45) is 0 Å². The molecule has 0 heterocycles. The fraction of sp³-hybridized carbons (Fsp3) is 0.667. The van der Waals surface area contributed by atoms with E-state index in [1.807, 2.05) is 0 Å². The average Bonchev–Trinajstić information content (AvgIpc) is 1.67. The summed E-state index contributed by atoms with van der Waals surface area (Å²) in [5, 5.41) is 17.1. The summed E-state index contributed by atoms with van der Waals surface area (Å²) in [5.74, 6) is 0. The predicted molar refractivity (Wildman–Crippen MR) is 32.5 cm³/mol. The zero-order valence-corrected chi connectivity index (χ0v) is 5.26. The molecule has 0 aromatic heterocycles. The monoisotopic (exact) mass is 116 g/mol. The molecule has 0 spiro atoms. The molecule has 0 aliphatic rings. The van der Waals surface area contributed by atoms with Crippen molar-refractivity contribution in [2.75, 3.05) is 6.61 Å². The predicted octanol–water partition coefficient (Wildman–Crippen LogP) is 0.306. The Morgan fingerprint density at radius 2 is 2.25 bits per heavy atom. The molecule has 0 fully saturated rings. The first-order valence-corrected chi connectivity index (χ1v) is 2.64. The molecular formula is C6H12O2. The van der Waals surface area contributed by atoms with Crippen LogP contribution < -0.4 is 0 Å². The highest BCUT2D eigenvalue weighted by atomic mass is 16.3. The molecule has 0 bridgehead atoms. The van der Waals surface area contributed by atoms with Gasteiger partial charge in [0.15, 0.2) is 0 Å². The van der Waals surface area contributed by atoms with Gasteiger partial charge in [0.1, 0.15) is 0 Å². The van der Waals surface area contributed by atoms with Crippen molar-refractivity contribution < 1.29 is 10.2 Å². The lowest BCUT2D eigenvalue weighted by Gasteiger charge is -2.00. The van der Waals surface area contributed by atoms with Crippen LogP contribution in [0.2, 0.25) is 0 Å². The van der Waals surface area contributed by atoms with E-state index in [-0.39, 0.29) is 6.61 Å². The SMILES string of the molecule is C/C(=C/CO)C(C)O. The van der Waals surface area contributed by atoms with Gasteiger partial charge < -0.3 is 10.2 Å². The van der Waals surface area contributed by atoms with E-state index in [0.717, 1.165) is 5.57 Å². The van der Waals surface area contributed by atoms with Crippen LogP contribution in [0.4, 0.5) is 0 Å². The highest BCUT2D eigenvalue weighted by molar-refractivity contribution is 5.02. The Balaban J connectivity index is 3.61. The molecule has 0 aliphatic carbocycles. The summed E-state index contributed by atoms with van der Waals surface area (Å²) in [4.78, 5) is 0. The first kappa shape index (κ1) is 7.66. The summed E-state index contributed by atoms with van der Waals surface area (Å²) >= 11 is 0. The van der Waals surface area contributed by atoms with Gasteiger partial charge in [0.05, 0.1) is 12.7 Å². The van der Waals surface area contributed by atoms with Gasteiger partial charge >= 0.3 is 0 Å². The van der Waals surface area contributed by atoms with E-state index in [1.54, 1.807) is 19.9 Å². The second-order valence-electron chi connectivity index (χ2n) is 1.81. The van der Waals surface area contributed by atoms with Gasteiger partial charge in [-0.1, -0.05) is 6.08 Å². The number of hydrogen-bond acceptors (Lipinski definition) is 2. The minimum absolute atomic E-state index is 0.0106. The molecule has 48 valence electrons. The van der Waals surface area contributed by atoms with Crippen LogP contribution >= 0.6 is 0 Å². The van der Waals surface area contributed by atoms with E-state index in [2.05, 4.69) is 0 Å². The third-order valence-electron chi connectivity index (χ3n) is 1.07. The van der Waals surface area contributed by atoms with Gasteiger partial charge in [0.2, 0.25) is 0 Å². The van der Waals surface area contributed by atoms with Crippen LogP contribution in [0.15, 0.2) is 11.6 Å². The molecule has 0 radical (unpaired) electrons. The highest BCUT2D eigenvalue weighted by Crippen LogP contribution is 1.97. The Kier molecular flexibility index (Phi) is 3.48. The zero-order chi connectivity index (χ0) is 6.57. The summed E-state index contributed by atoms with van der Waals surface area (Å²) in [6.07, 6.45) is 1.16. The Labute approximate surface area is 49.5 Å². The molecule has 2 heteroatoms. The summed E-state index contributed by atoms with van der Waals surface area (Å²) in [5.41, 5.74) is 0.813. The lowest BCUT2D eigenvalue weighted by Crippen LogP contribution is -2.01. The van der Waals surface area contributed by atoms with Gasteiger partial charge in [0, 0.05) is 0 Å². The topological polar surface area (TPSA) is 40.5 Å². The van der Waals surface area contributed by atoms with Crippen molar-refractivity contribution in [2.45, 2.75) is 20.0 Å². The Morgan fingerprint density at radius 1 is 1.75 bits per heavy atom. The third kappa shape index (κ3) is 2.77. The number of aliphatic hydroxyl groups is 2. The molecule has 2 nitrogen and oxygen atoms in total. The first-order chi connectivity index (χ1) is 3.68. The van der Waals surface area contributed by atoms with E-state index >= 15 is 0 Å². The number of aliphatic hydroxyl groups excluding tert-OH is 2. The van der Waals surface area contributed by atoms with Gasteiger partial charge in [-0.15, -0.1) is 0 Å². The number of rotatable bonds is 2. The maximum absolute atomic E-state index is 8.77. The minimum atomic E-state index is -0.429. The lowest BCUT2D eigenvalue weighted by atomic mass is 10.2. The fourth-order valence-electron chi connectivity index (χ4n) is 0.315. The van der Waals surface area contributed by atoms with E-state index in [9.17, 15) is 0 Å². The molecule has 0 amide bonds. The Bertz CT molecular complexity index is 84.5. The van der Waals surface area contributed by atoms with E-state index in [4.69, 9.17) is 10.2 Å². The standard InChI is InChI=1S/C6H12O2/c1-5(3-4-7)6(2)8/h3,6-8H,4H2,1-2H3/b5-3-. The summed E-state index contributed by atoms with van der Waals surface area (Å²) < 4.78 is 0. The third-order valence-corrected chi connectivity index (χ3v) is 1.07. The largest absolute Gasteiger partial charge is 0.392 e. The quantitative estimate of drug-likeness (QED) is 0.509. The second-order valence-corrected chi connectivity index (χ2v) is 1.81. The zero-order valence-electron chi connectivity index (χ0n) is 5.26. The van der Waals surface area contributed by atoms with E-state index in [0.29, 0.717) is 0 Å². The summed E-state index contributed by atoms with van der Waals surface area (Å²) in [7, 11) is 0. The molecule has 0 saturated heterocycles. The molecule has 1 atom stereocenters. The highest BCUT2D eigenvalue weighted by Gasteiger charge is 1.94. The Hall–Kier alpha value is -0.340. The van der Waals surface area contributed by atoms with Gasteiger partial charge in [-0.3, -0.25) is 0 Å². The van der Waals surface area contributed by atoms with Gasteiger partial charge in [-0.2, -0.15) is 0 Å². The Morgan fingerprint density at radius 3 is 2.38 bits per heavy atom. The fourth-order valence-corrected chi connectivity index (χ4v) is 0.315. The minimum Gasteiger partial charge on any atom is -0.392 e. The second kappa shape index (κ2) is 3.64. The van der Waals surface area contributed by atoms with Crippen molar-refractivity contribution >= 4 is 0 Å². The van der Waals surface area contributed by atoms with E-state index < -0.39 is 6.10 Å². The van der Waals surface area contributed by atoms with Gasteiger partial charge in [-0.25, -0.2) is 0 Å². The van der Waals surface area contributed by atoms with Crippen LogP contribution in [0, 0.1) is 0 Å². The average molecular weight is 116 g/mol. The molecule has 0 rings (SSSR count). The van der Waals surface area contributed by atoms with Gasteiger partial charge in [-0.05, 0) is 19.4 Å². The molecule has 0 aliphatic heterocycles. The summed E-state index contributed by atoms with van der Waals surface area (Å²) in [6, 6.07) is 0. The van der Waals surface area contributed by atoms with Crippen LogP contribution in [0.1, 0.15) is 13.8 Å². The van der Waals surface area contributed by atoms with Crippen LogP contribution in [0.25, 0.3) is 0 Å². The van der Waals surface area contributed by atoms with Crippen LogP contribution in [-0.2, 0) is 0 Å². The van der Waals surface area contributed by atoms with Crippen molar-refractivity contribution in [1.82, 2.24) is 0 Å². The lowest BCUT2D eigenvalue weighted by molar-refractivity contribution is 0.229. The molecule has 1 unspecified atom stereocenters. The van der Waals surface area contributed by atoms with Crippen LogP contribution in [-0.4, -0.2) is 22.9 Å². The molecule has 0 saturated carbocycles. The van der Waals surface area contributed by atoms with Crippen LogP contribution in [0.5, 0.6) is 0 Å². The molecule has 0 aromatic carbocycles. The smallest absolute Gasteiger partial charge is 0.0720 e. The van der Waals surface area contributed by atoms with Gasteiger partial charge in [0.25, 0.3) is 0 Å².